The third-order valence-electron chi connectivity index (χ3n) is 2.70. The first-order valence-corrected chi connectivity index (χ1v) is 5.96. The molecule has 0 aliphatic heterocycles. The highest BCUT2D eigenvalue weighted by molar-refractivity contribution is 5.22. The zero-order chi connectivity index (χ0) is 13.5. The number of ether oxygens (including phenoxy) is 1. The zero-order valence-corrected chi connectivity index (χ0v) is 10.6. The summed E-state index contributed by atoms with van der Waals surface area (Å²) in [6.07, 6.45) is 1.43. The monoisotopic (exact) mass is 261 g/mol. The Labute approximate surface area is 105 Å². The van der Waals surface area contributed by atoms with E-state index in [-0.39, 0.29) is 6.04 Å². The first-order chi connectivity index (χ1) is 8.60. The number of benzene rings is 1. The van der Waals surface area contributed by atoms with E-state index in [9.17, 15) is 13.2 Å². The van der Waals surface area contributed by atoms with Gasteiger partial charge in [0.1, 0.15) is 0 Å². The molecule has 18 heavy (non-hydrogen) atoms. The normalized spacial score (nSPS) is 12.7. The average molecular weight is 261 g/mol. The molecule has 0 aliphatic carbocycles. The van der Waals surface area contributed by atoms with Gasteiger partial charge in [-0.15, -0.1) is 0 Å². The van der Waals surface area contributed by atoms with Crippen molar-refractivity contribution in [3.63, 3.8) is 0 Å². The Balaban J connectivity index is 2.84. The minimum atomic E-state index is -1.43. The van der Waals surface area contributed by atoms with Gasteiger partial charge < -0.3 is 10.1 Å². The molecule has 0 saturated heterocycles. The number of methoxy groups -OCH3 is 1. The Morgan fingerprint density at radius 3 is 2.33 bits per heavy atom. The molecule has 1 unspecified atom stereocenters. The molecule has 0 amide bonds. The second-order valence-electron chi connectivity index (χ2n) is 4.04. The molecule has 0 radical (unpaired) electrons. The number of hydrogen-bond acceptors (Lipinski definition) is 2. The van der Waals surface area contributed by atoms with Gasteiger partial charge in [-0.2, -0.15) is 0 Å². The highest BCUT2D eigenvalue weighted by Gasteiger charge is 2.16. The van der Waals surface area contributed by atoms with Crippen LogP contribution in [0.2, 0.25) is 0 Å². The van der Waals surface area contributed by atoms with E-state index in [4.69, 9.17) is 4.74 Å². The lowest BCUT2D eigenvalue weighted by atomic mass is 10.0. The molecule has 1 N–H and O–H groups in total. The molecule has 0 fully saturated rings. The number of halogens is 3. The molecule has 1 atom stereocenters. The summed E-state index contributed by atoms with van der Waals surface area (Å²) >= 11 is 0. The van der Waals surface area contributed by atoms with Gasteiger partial charge in [0.2, 0.25) is 0 Å². The third-order valence-corrected chi connectivity index (χ3v) is 2.70. The van der Waals surface area contributed by atoms with Crippen LogP contribution in [0.3, 0.4) is 0 Å². The van der Waals surface area contributed by atoms with Gasteiger partial charge in [0, 0.05) is 19.8 Å². The van der Waals surface area contributed by atoms with Crippen molar-refractivity contribution in [2.75, 3.05) is 20.3 Å². The third kappa shape index (κ3) is 3.99. The molecule has 0 bridgehead atoms. The van der Waals surface area contributed by atoms with Gasteiger partial charge in [-0.25, -0.2) is 13.2 Å². The molecule has 0 aromatic heterocycles. The highest BCUT2D eigenvalue weighted by Crippen LogP contribution is 2.22. The van der Waals surface area contributed by atoms with Crippen LogP contribution in [0.15, 0.2) is 12.1 Å². The van der Waals surface area contributed by atoms with Crippen molar-refractivity contribution in [3.05, 3.63) is 35.1 Å². The number of rotatable bonds is 7. The topological polar surface area (TPSA) is 21.3 Å². The van der Waals surface area contributed by atoms with Crippen LogP contribution >= 0.6 is 0 Å². The first-order valence-electron chi connectivity index (χ1n) is 5.96. The van der Waals surface area contributed by atoms with Crippen LogP contribution in [0.4, 0.5) is 13.2 Å². The van der Waals surface area contributed by atoms with E-state index in [2.05, 4.69) is 5.32 Å². The number of hydrogen-bond donors (Lipinski definition) is 1. The lowest BCUT2D eigenvalue weighted by Crippen LogP contribution is -2.21. The Hall–Kier alpha value is -1.07. The Bertz CT molecular complexity index is 361. The van der Waals surface area contributed by atoms with Crippen molar-refractivity contribution in [3.8, 4) is 0 Å². The summed E-state index contributed by atoms with van der Waals surface area (Å²) in [6, 6.07) is 1.88. The van der Waals surface area contributed by atoms with E-state index < -0.39 is 17.5 Å². The second-order valence-corrected chi connectivity index (χ2v) is 4.04. The van der Waals surface area contributed by atoms with Crippen molar-refractivity contribution >= 4 is 0 Å². The van der Waals surface area contributed by atoms with Crippen LogP contribution in [0, 0.1) is 17.5 Å². The van der Waals surface area contributed by atoms with Crippen molar-refractivity contribution < 1.29 is 17.9 Å². The summed E-state index contributed by atoms with van der Waals surface area (Å²) in [5.74, 6) is -3.73. The van der Waals surface area contributed by atoms with Gasteiger partial charge in [0.15, 0.2) is 17.5 Å². The maximum Gasteiger partial charge on any atom is 0.194 e. The summed E-state index contributed by atoms with van der Waals surface area (Å²) in [4.78, 5) is 0. The molecule has 0 saturated carbocycles. The maximum absolute atomic E-state index is 13.2. The van der Waals surface area contributed by atoms with E-state index in [1.165, 1.54) is 0 Å². The molecular weight excluding hydrogens is 243 g/mol. The molecule has 1 aromatic carbocycles. The fourth-order valence-corrected chi connectivity index (χ4v) is 1.84. The summed E-state index contributed by atoms with van der Waals surface area (Å²) in [5, 5.41) is 3.12. The maximum atomic E-state index is 13.2. The molecule has 0 aliphatic rings. The quantitative estimate of drug-likeness (QED) is 0.601. The first kappa shape index (κ1) is 15.0. The lowest BCUT2D eigenvalue weighted by molar-refractivity contribution is 0.189. The Morgan fingerprint density at radius 2 is 1.83 bits per heavy atom. The van der Waals surface area contributed by atoms with Crippen LogP contribution in [0.5, 0.6) is 0 Å². The summed E-state index contributed by atoms with van der Waals surface area (Å²) < 4.78 is 44.1. The molecule has 102 valence electrons. The van der Waals surface area contributed by atoms with Crippen LogP contribution in [0.25, 0.3) is 0 Å². The van der Waals surface area contributed by atoms with Crippen LogP contribution < -0.4 is 5.32 Å². The van der Waals surface area contributed by atoms with Crippen molar-refractivity contribution in [1.29, 1.82) is 0 Å². The molecule has 5 heteroatoms. The summed E-state index contributed by atoms with van der Waals surface area (Å²) in [7, 11) is 1.60. The van der Waals surface area contributed by atoms with E-state index in [0.717, 1.165) is 18.6 Å². The molecule has 0 spiro atoms. The van der Waals surface area contributed by atoms with Gasteiger partial charge in [-0.05, 0) is 37.1 Å². The van der Waals surface area contributed by atoms with E-state index in [1.54, 1.807) is 7.11 Å². The summed E-state index contributed by atoms with van der Waals surface area (Å²) in [5.41, 5.74) is 0.421. The van der Waals surface area contributed by atoms with E-state index >= 15 is 0 Å². The smallest absolute Gasteiger partial charge is 0.194 e. The van der Waals surface area contributed by atoms with Crippen LogP contribution in [0.1, 0.15) is 31.4 Å². The van der Waals surface area contributed by atoms with Gasteiger partial charge in [0.25, 0.3) is 0 Å². The van der Waals surface area contributed by atoms with Crippen LogP contribution in [-0.4, -0.2) is 20.3 Å². The van der Waals surface area contributed by atoms with E-state index in [0.29, 0.717) is 25.1 Å². The molecule has 1 rings (SSSR count). The Kier molecular flexibility index (Phi) is 6.15. The largest absolute Gasteiger partial charge is 0.385 e. The standard InChI is InChI=1S/C13H18F3NO/c1-3-17-12(5-4-6-18-2)9-7-10(14)13(16)11(15)8-9/h7-8,12,17H,3-6H2,1-2H3. The van der Waals surface area contributed by atoms with Gasteiger partial charge >= 0.3 is 0 Å². The molecular formula is C13H18F3NO. The SMILES string of the molecule is CCNC(CCCOC)c1cc(F)c(F)c(F)c1. The molecule has 0 heterocycles. The minimum Gasteiger partial charge on any atom is -0.385 e. The number of nitrogens with one attached hydrogen (secondary N) is 1. The van der Waals surface area contributed by atoms with Gasteiger partial charge in [-0.3, -0.25) is 0 Å². The van der Waals surface area contributed by atoms with E-state index in [1.807, 2.05) is 6.92 Å². The summed E-state index contributed by atoms with van der Waals surface area (Å²) in [6.45, 7) is 3.14. The fraction of sp³-hybridized carbons (Fsp3) is 0.538. The fourth-order valence-electron chi connectivity index (χ4n) is 1.84. The predicted molar refractivity (Wildman–Crippen MR) is 63.8 cm³/mol. The molecule has 2 nitrogen and oxygen atoms in total. The Morgan fingerprint density at radius 1 is 1.22 bits per heavy atom. The minimum absolute atomic E-state index is 0.199. The average Bonchev–Trinajstić information content (AvgIpc) is 2.34. The van der Waals surface area contributed by atoms with Crippen molar-refractivity contribution in [2.45, 2.75) is 25.8 Å². The van der Waals surface area contributed by atoms with Crippen molar-refractivity contribution in [1.82, 2.24) is 5.32 Å². The van der Waals surface area contributed by atoms with Gasteiger partial charge in [0.05, 0.1) is 0 Å². The second kappa shape index (κ2) is 7.38. The molecule has 1 aromatic rings. The van der Waals surface area contributed by atoms with Crippen LogP contribution in [-0.2, 0) is 4.74 Å². The lowest BCUT2D eigenvalue weighted by Gasteiger charge is -2.18. The zero-order valence-electron chi connectivity index (χ0n) is 10.6. The predicted octanol–water partition coefficient (Wildman–Crippen LogP) is 3.18. The highest BCUT2D eigenvalue weighted by atomic mass is 19.2. The van der Waals surface area contributed by atoms with Crippen molar-refractivity contribution in [2.24, 2.45) is 0 Å². The van der Waals surface area contributed by atoms with Gasteiger partial charge in [-0.1, -0.05) is 6.92 Å².